The summed E-state index contributed by atoms with van der Waals surface area (Å²) >= 11 is 14.9. The number of rotatable bonds is 5. The first kappa shape index (κ1) is 16.2. The van der Waals surface area contributed by atoms with Gasteiger partial charge in [-0.2, -0.15) is 0 Å². The Morgan fingerprint density at radius 1 is 1.22 bits per heavy atom. The highest BCUT2D eigenvalue weighted by Crippen LogP contribution is 2.24. The summed E-state index contributed by atoms with van der Waals surface area (Å²) in [6.07, 6.45) is 0.667. The molecule has 0 spiro atoms. The summed E-state index contributed by atoms with van der Waals surface area (Å²) < 4.78 is 27.0. The molecule has 1 aromatic carbocycles. The first-order valence-corrected chi connectivity index (χ1v) is 8.58. The molecule has 0 aromatic heterocycles. The van der Waals surface area contributed by atoms with Crippen molar-refractivity contribution >= 4 is 49.2 Å². The van der Waals surface area contributed by atoms with Crippen LogP contribution in [0.3, 0.4) is 0 Å². The van der Waals surface area contributed by atoms with Gasteiger partial charge in [-0.1, -0.05) is 39.1 Å². The summed E-state index contributed by atoms with van der Waals surface area (Å²) in [5, 5.41) is 1.29. The van der Waals surface area contributed by atoms with E-state index in [0.717, 1.165) is 0 Å². The third-order valence-corrected chi connectivity index (χ3v) is 4.79. The highest BCUT2D eigenvalue weighted by molar-refractivity contribution is 9.09. The number of alkyl halides is 1. The fraction of sp³-hybridized carbons (Fsp3) is 0.455. The molecule has 1 aromatic rings. The van der Waals surface area contributed by atoms with Crippen molar-refractivity contribution in [2.45, 2.75) is 30.7 Å². The number of hydrogen-bond donors (Lipinski definition) is 1. The SMILES string of the molecule is CC(C)(CCBr)NS(=O)(=O)c1cc(Cl)cc(Cl)c1. The zero-order chi connectivity index (χ0) is 14.0. The summed E-state index contributed by atoms with van der Waals surface area (Å²) in [5.41, 5.74) is -0.545. The van der Waals surface area contributed by atoms with Crippen molar-refractivity contribution in [3.63, 3.8) is 0 Å². The predicted molar refractivity (Wildman–Crippen MR) is 79.3 cm³/mol. The molecule has 0 atom stereocenters. The zero-order valence-electron chi connectivity index (χ0n) is 10.0. The Bertz CT molecular complexity index is 512. The van der Waals surface area contributed by atoms with Gasteiger partial charge in [0.1, 0.15) is 0 Å². The third-order valence-electron chi connectivity index (χ3n) is 2.28. The molecule has 0 unspecified atom stereocenters. The number of benzene rings is 1. The van der Waals surface area contributed by atoms with E-state index >= 15 is 0 Å². The van der Waals surface area contributed by atoms with Crippen LogP contribution >= 0.6 is 39.1 Å². The smallest absolute Gasteiger partial charge is 0.207 e. The molecular weight excluding hydrogens is 361 g/mol. The Morgan fingerprint density at radius 2 is 1.72 bits per heavy atom. The zero-order valence-corrected chi connectivity index (χ0v) is 13.9. The molecule has 1 N–H and O–H groups in total. The van der Waals surface area contributed by atoms with Crippen molar-refractivity contribution in [1.29, 1.82) is 0 Å². The first-order valence-electron chi connectivity index (χ1n) is 5.22. The van der Waals surface area contributed by atoms with Gasteiger partial charge in [0.05, 0.1) is 4.90 Å². The molecule has 0 aliphatic heterocycles. The number of hydrogen-bond acceptors (Lipinski definition) is 2. The van der Waals surface area contributed by atoms with E-state index in [4.69, 9.17) is 23.2 Å². The highest BCUT2D eigenvalue weighted by Gasteiger charge is 2.26. The Morgan fingerprint density at radius 3 is 2.17 bits per heavy atom. The van der Waals surface area contributed by atoms with Crippen LogP contribution in [0.1, 0.15) is 20.3 Å². The molecule has 0 bridgehead atoms. The van der Waals surface area contributed by atoms with E-state index in [1.807, 2.05) is 13.8 Å². The molecule has 7 heteroatoms. The van der Waals surface area contributed by atoms with E-state index in [1.54, 1.807) is 0 Å². The van der Waals surface area contributed by atoms with Gasteiger partial charge in [0.2, 0.25) is 10.0 Å². The van der Waals surface area contributed by atoms with E-state index < -0.39 is 15.6 Å². The lowest BCUT2D eigenvalue weighted by Crippen LogP contribution is -2.43. The Kier molecular flexibility index (Phi) is 5.50. The predicted octanol–water partition coefficient (Wildman–Crippen LogP) is 3.84. The third kappa shape index (κ3) is 4.70. The summed E-state index contributed by atoms with van der Waals surface area (Å²) in [7, 11) is -3.62. The molecule has 0 aliphatic rings. The molecule has 1 rings (SSSR count). The second-order valence-electron chi connectivity index (χ2n) is 4.53. The average Bonchev–Trinajstić information content (AvgIpc) is 2.13. The number of nitrogens with one attached hydrogen (secondary N) is 1. The maximum atomic E-state index is 12.2. The maximum Gasteiger partial charge on any atom is 0.241 e. The van der Waals surface area contributed by atoms with E-state index in [1.165, 1.54) is 18.2 Å². The van der Waals surface area contributed by atoms with Crippen LogP contribution in [0.25, 0.3) is 0 Å². The van der Waals surface area contributed by atoms with Crippen LogP contribution in [0.4, 0.5) is 0 Å². The van der Waals surface area contributed by atoms with Gasteiger partial charge in [0, 0.05) is 20.9 Å². The van der Waals surface area contributed by atoms with Gasteiger partial charge in [0.15, 0.2) is 0 Å². The molecule has 0 aliphatic carbocycles. The summed E-state index contributed by atoms with van der Waals surface area (Å²) in [6.45, 7) is 3.63. The van der Waals surface area contributed by atoms with Gasteiger partial charge in [0.25, 0.3) is 0 Å². The van der Waals surface area contributed by atoms with Crippen LogP contribution in [-0.2, 0) is 10.0 Å². The lowest BCUT2D eigenvalue weighted by atomic mass is 10.0. The van der Waals surface area contributed by atoms with Crippen molar-refractivity contribution in [3.05, 3.63) is 28.2 Å². The minimum Gasteiger partial charge on any atom is -0.207 e. The highest BCUT2D eigenvalue weighted by atomic mass is 79.9. The standard InChI is InChI=1S/C11H14BrCl2NO2S/c1-11(2,3-4-12)15-18(16,17)10-6-8(13)5-9(14)7-10/h5-7,15H,3-4H2,1-2H3. The largest absolute Gasteiger partial charge is 0.241 e. The lowest BCUT2D eigenvalue weighted by Gasteiger charge is -2.25. The van der Waals surface area contributed by atoms with Gasteiger partial charge in [-0.25, -0.2) is 13.1 Å². The quantitative estimate of drug-likeness (QED) is 0.796. The summed E-state index contributed by atoms with van der Waals surface area (Å²) in [6, 6.07) is 4.24. The maximum absolute atomic E-state index is 12.2. The van der Waals surface area contributed by atoms with Crippen LogP contribution in [0.15, 0.2) is 23.1 Å². The van der Waals surface area contributed by atoms with E-state index in [0.29, 0.717) is 21.8 Å². The molecule has 0 fully saturated rings. The van der Waals surface area contributed by atoms with Crippen LogP contribution in [-0.4, -0.2) is 19.3 Å². The first-order chi connectivity index (χ1) is 8.16. The number of halogens is 3. The molecule has 0 heterocycles. The average molecular weight is 375 g/mol. The van der Waals surface area contributed by atoms with Crippen LogP contribution in [0.5, 0.6) is 0 Å². The minimum absolute atomic E-state index is 0.0719. The molecule has 102 valence electrons. The summed E-state index contributed by atoms with van der Waals surface area (Å²) in [5.74, 6) is 0. The topological polar surface area (TPSA) is 46.2 Å². The molecule has 0 radical (unpaired) electrons. The van der Waals surface area contributed by atoms with Gasteiger partial charge in [-0.3, -0.25) is 0 Å². The Hall–Kier alpha value is 0.190. The fourth-order valence-corrected chi connectivity index (χ4v) is 4.55. The van der Waals surface area contributed by atoms with Crippen molar-refractivity contribution in [1.82, 2.24) is 4.72 Å². The van der Waals surface area contributed by atoms with Crippen LogP contribution in [0.2, 0.25) is 10.0 Å². The van der Waals surface area contributed by atoms with Crippen molar-refractivity contribution in [2.24, 2.45) is 0 Å². The van der Waals surface area contributed by atoms with Gasteiger partial charge < -0.3 is 0 Å². The molecule has 0 amide bonds. The Balaban J connectivity index is 3.07. The fourth-order valence-electron chi connectivity index (χ4n) is 1.39. The summed E-state index contributed by atoms with van der Waals surface area (Å²) in [4.78, 5) is 0.0719. The molecule has 0 saturated carbocycles. The van der Waals surface area contributed by atoms with Gasteiger partial charge in [-0.15, -0.1) is 0 Å². The molecule has 3 nitrogen and oxygen atoms in total. The monoisotopic (exact) mass is 373 g/mol. The van der Waals surface area contributed by atoms with Gasteiger partial charge in [-0.05, 0) is 38.5 Å². The number of sulfonamides is 1. The van der Waals surface area contributed by atoms with Crippen LogP contribution in [0, 0.1) is 0 Å². The van der Waals surface area contributed by atoms with Crippen LogP contribution < -0.4 is 4.72 Å². The van der Waals surface area contributed by atoms with Crippen molar-refractivity contribution in [3.8, 4) is 0 Å². The second-order valence-corrected chi connectivity index (χ2v) is 7.88. The normalized spacial score (nSPS) is 12.7. The Labute approximate surface area is 126 Å². The molecule has 18 heavy (non-hydrogen) atoms. The molecule has 0 saturated heterocycles. The van der Waals surface area contributed by atoms with Crippen molar-refractivity contribution in [2.75, 3.05) is 5.33 Å². The van der Waals surface area contributed by atoms with Crippen molar-refractivity contribution < 1.29 is 8.42 Å². The van der Waals surface area contributed by atoms with Gasteiger partial charge >= 0.3 is 0 Å². The van der Waals surface area contributed by atoms with E-state index in [2.05, 4.69) is 20.7 Å². The lowest BCUT2D eigenvalue weighted by molar-refractivity contribution is 0.443. The minimum atomic E-state index is -3.62. The van der Waals surface area contributed by atoms with E-state index in [9.17, 15) is 8.42 Å². The molecular formula is C11H14BrCl2NO2S. The van der Waals surface area contributed by atoms with E-state index in [-0.39, 0.29) is 4.90 Å². The second kappa shape index (κ2) is 6.09.